The Balaban J connectivity index is 2.20. The fourth-order valence-electron chi connectivity index (χ4n) is 3.00. The molecule has 2 aromatic rings. The van der Waals surface area contributed by atoms with E-state index in [2.05, 4.69) is 0 Å². The number of rotatable bonds is 3. The summed E-state index contributed by atoms with van der Waals surface area (Å²) in [5.41, 5.74) is -3.63. The van der Waals surface area contributed by atoms with Crippen LogP contribution < -0.4 is 4.74 Å². The van der Waals surface area contributed by atoms with Gasteiger partial charge in [0.15, 0.2) is 6.17 Å². The highest BCUT2D eigenvalue weighted by molar-refractivity contribution is 5.52. The van der Waals surface area contributed by atoms with Crippen LogP contribution in [-0.2, 0) is 12.5 Å². The molecule has 3 rings (SSSR count). The van der Waals surface area contributed by atoms with Crippen molar-refractivity contribution < 1.29 is 40.6 Å². The minimum absolute atomic E-state index is 0.196. The number of nitrogens with zero attached hydrogens (tertiary/aromatic N) is 1. The zero-order valence-corrected chi connectivity index (χ0v) is 13.7. The highest BCUT2D eigenvalue weighted by Gasteiger charge is 2.67. The van der Waals surface area contributed by atoms with Gasteiger partial charge in [0.1, 0.15) is 17.3 Å². The number of ether oxygens (including phenoxy) is 1. The number of fused-ring (bicyclic) bond motifs is 2. The Hall–Kier alpha value is -2.80. The molecule has 1 N–H and O–H groups in total. The summed E-state index contributed by atoms with van der Waals surface area (Å²) >= 11 is 0. The van der Waals surface area contributed by atoms with Crippen LogP contribution in [0.25, 0.3) is 0 Å². The van der Waals surface area contributed by atoms with E-state index in [0.29, 0.717) is 12.1 Å². The summed E-state index contributed by atoms with van der Waals surface area (Å²) in [6.07, 6.45) is -7.19. The molecular formula is C18H10F7NO2. The number of alkyl halides is 6. The van der Waals surface area contributed by atoms with Gasteiger partial charge < -0.3 is 9.84 Å². The molecule has 0 aliphatic heterocycles. The fourth-order valence-corrected chi connectivity index (χ4v) is 3.00. The molecule has 2 bridgehead atoms. The van der Waals surface area contributed by atoms with Gasteiger partial charge in [0.05, 0.1) is 18.2 Å². The van der Waals surface area contributed by atoms with Crippen LogP contribution in [0.15, 0.2) is 30.3 Å². The first-order chi connectivity index (χ1) is 13.0. The lowest BCUT2D eigenvalue weighted by Crippen LogP contribution is -2.46. The van der Waals surface area contributed by atoms with Gasteiger partial charge in [-0.25, -0.2) is 13.2 Å². The fraction of sp³-hybridized carbons (Fsp3) is 0.278. The summed E-state index contributed by atoms with van der Waals surface area (Å²) in [6, 6.07) is 5.39. The van der Waals surface area contributed by atoms with Gasteiger partial charge in [0.2, 0.25) is 6.17 Å². The Morgan fingerprint density at radius 3 is 2.39 bits per heavy atom. The summed E-state index contributed by atoms with van der Waals surface area (Å²) in [4.78, 5) is 0. The maximum absolute atomic E-state index is 14.5. The van der Waals surface area contributed by atoms with Crippen LogP contribution in [0.5, 0.6) is 11.5 Å². The van der Waals surface area contributed by atoms with Crippen LogP contribution in [0.2, 0.25) is 0 Å². The number of nitriles is 1. The third-order valence-corrected chi connectivity index (χ3v) is 4.34. The number of halogens is 7. The molecule has 0 radical (unpaired) electrons. The molecule has 1 aliphatic rings. The van der Waals surface area contributed by atoms with Crippen LogP contribution in [0.3, 0.4) is 0 Å². The highest BCUT2D eigenvalue weighted by Crippen LogP contribution is 2.56. The van der Waals surface area contributed by atoms with Gasteiger partial charge in [-0.05, 0) is 29.8 Å². The molecule has 10 heteroatoms. The molecule has 2 atom stereocenters. The summed E-state index contributed by atoms with van der Waals surface area (Å²) in [5, 5.41) is 18.2. The van der Waals surface area contributed by atoms with Crippen molar-refractivity contribution in [2.45, 2.75) is 30.8 Å². The standard InChI is InChI=1S/C18H10F7NO2/c19-9-3-8(6-26)4-10(5-9)28-13-2-1-12-11(7-27)14(13)15(20)16(21)18(24,25)17(12,22)23/h1-5,15-16,27H,7H2/t15-,16-/m1/s1. The number of hydrogen-bond donors (Lipinski definition) is 1. The van der Waals surface area contributed by atoms with Gasteiger partial charge in [-0.3, -0.25) is 0 Å². The van der Waals surface area contributed by atoms with Crippen molar-refractivity contribution in [1.82, 2.24) is 0 Å². The molecule has 0 aromatic heterocycles. The highest BCUT2D eigenvalue weighted by atomic mass is 19.3. The van der Waals surface area contributed by atoms with Crippen molar-refractivity contribution in [3.63, 3.8) is 0 Å². The Kier molecular flexibility index (Phi) is 4.75. The maximum atomic E-state index is 14.5. The largest absolute Gasteiger partial charge is 0.457 e. The first-order valence-corrected chi connectivity index (χ1v) is 7.74. The van der Waals surface area contributed by atoms with E-state index < -0.39 is 59.1 Å². The molecule has 0 fully saturated rings. The number of aliphatic hydroxyl groups is 1. The second kappa shape index (κ2) is 6.67. The maximum Gasteiger partial charge on any atom is 0.348 e. The topological polar surface area (TPSA) is 53.2 Å². The van der Waals surface area contributed by atoms with Gasteiger partial charge in [-0.1, -0.05) is 0 Å². The zero-order valence-electron chi connectivity index (χ0n) is 13.7. The lowest BCUT2D eigenvalue weighted by Gasteiger charge is -2.28. The van der Waals surface area contributed by atoms with Gasteiger partial charge in [0.25, 0.3) is 0 Å². The van der Waals surface area contributed by atoms with E-state index in [-0.39, 0.29) is 11.3 Å². The predicted molar refractivity (Wildman–Crippen MR) is 81.1 cm³/mol. The minimum atomic E-state index is -5.39. The molecule has 1 aliphatic carbocycles. The first-order valence-electron chi connectivity index (χ1n) is 7.74. The minimum Gasteiger partial charge on any atom is -0.457 e. The van der Waals surface area contributed by atoms with E-state index in [9.17, 15) is 35.8 Å². The van der Waals surface area contributed by atoms with Crippen LogP contribution in [0.4, 0.5) is 30.7 Å². The Morgan fingerprint density at radius 2 is 1.79 bits per heavy atom. The smallest absolute Gasteiger partial charge is 0.348 e. The average molecular weight is 405 g/mol. The van der Waals surface area contributed by atoms with Crippen molar-refractivity contribution in [2.24, 2.45) is 0 Å². The van der Waals surface area contributed by atoms with Crippen LogP contribution >= 0.6 is 0 Å². The average Bonchev–Trinajstić information content (AvgIpc) is 2.67. The van der Waals surface area contributed by atoms with E-state index in [4.69, 9.17) is 10.00 Å². The normalized spacial score (nSPS) is 22.2. The predicted octanol–water partition coefficient (Wildman–Crippen LogP) is 5.07. The lowest BCUT2D eigenvalue weighted by molar-refractivity contribution is -0.253. The van der Waals surface area contributed by atoms with E-state index in [1.807, 2.05) is 0 Å². The van der Waals surface area contributed by atoms with Gasteiger partial charge in [-0.15, -0.1) is 0 Å². The summed E-state index contributed by atoms with van der Waals surface area (Å²) < 4.78 is 103. The number of aliphatic hydroxyl groups excluding tert-OH is 1. The van der Waals surface area contributed by atoms with Crippen molar-refractivity contribution in [1.29, 1.82) is 5.26 Å². The summed E-state index contributed by atoms with van der Waals surface area (Å²) in [6.45, 7) is -1.30. The number of hydrogen-bond acceptors (Lipinski definition) is 3. The van der Waals surface area contributed by atoms with E-state index in [0.717, 1.165) is 18.2 Å². The van der Waals surface area contributed by atoms with Crippen LogP contribution in [0.1, 0.15) is 28.4 Å². The quantitative estimate of drug-likeness (QED) is 0.726. The Morgan fingerprint density at radius 1 is 1.11 bits per heavy atom. The molecule has 0 unspecified atom stereocenters. The third-order valence-electron chi connectivity index (χ3n) is 4.34. The van der Waals surface area contributed by atoms with Crippen molar-refractivity contribution in [3.8, 4) is 17.6 Å². The molecule has 0 saturated carbocycles. The molecule has 28 heavy (non-hydrogen) atoms. The summed E-state index contributed by atoms with van der Waals surface area (Å²) in [7, 11) is 0. The van der Waals surface area contributed by atoms with Gasteiger partial charge >= 0.3 is 11.8 Å². The van der Waals surface area contributed by atoms with Crippen molar-refractivity contribution >= 4 is 0 Å². The summed E-state index contributed by atoms with van der Waals surface area (Å²) in [5.74, 6) is -12.5. The monoisotopic (exact) mass is 405 g/mol. The Bertz CT molecular complexity index is 971. The van der Waals surface area contributed by atoms with Gasteiger partial charge in [0, 0.05) is 17.2 Å². The molecule has 0 saturated heterocycles. The second-order valence-electron chi connectivity index (χ2n) is 6.05. The van der Waals surface area contributed by atoms with E-state index in [1.165, 1.54) is 0 Å². The van der Waals surface area contributed by atoms with E-state index >= 15 is 0 Å². The molecule has 148 valence electrons. The van der Waals surface area contributed by atoms with Crippen molar-refractivity contribution in [3.05, 3.63) is 58.4 Å². The van der Waals surface area contributed by atoms with Gasteiger partial charge in [-0.2, -0.15) is 22.8 Å². The van der Waals surface area contributed by atoms with Crippen LogP contribution in [-0.4, -0.2) is 17.2 Å². The molecule has 2 aromatic carbocycles. The van der Waals surface area contributed by atoms with Crippen LogP contribution in [0, 0.1) is 17.1 Å². The lowest BCUT2D eigenvalue weighted by atomic mass is 9.96. The zero-order chi connectivity index (χ0) is 20.9. The number of benzene rings is 2. The SMILES string of the molecule is N#Cc1cc(F)cc(Oc2ccc3c(CO)c2[C@@H](F)[C@@H](F)C(F)(F)C3(F)F)c1. The second-order valence-corrected chi connectivity index (χ2v) is 6.05. The first kappa shape index (κ1) is 19.9. The van der Waals surface area contributed by atoms with Crippen molar-refractivity contribution in [2.75, 3.05) is 0 Å². The molecule has 0 heterocycles. The Labute approximate surface area is 153 Å². The molecule has 0 amide bonds. The van der Waals surface area contributed by atoms with E-state index in [1.54, 1.807) is 6.07 Å². The third kappa shape index (κ3) is 2.86. The molecule has 3 nitrogen and oxygen atoms in total. The molecule has 0 spiro atoms. The molecular weight excluding hydrogens is 395 g/mol.